The quantitative estimate of drug-likeness (QED) is 0.286. The summed E-state index contributed by atoms with van der Waals surface area (Å²) in [5.41, 5.74) is 1.52. The van der Waals surface area contributed by atoms with Crippen molar-refractivity contribution in [2.45, 2.75) is 25.9 Å². The van der Waals surface area contributed by atoms with E-state index in [0.29, 0.717) is 23.5 Å². The number of carbonyl (C=O) groups is 2. The molecule has 1 aliphatic rings. The van der Waals surface area contributed by atoms with Crippen LogP contribution in [-0.2, 0) is 16.1 Å². The summed E-state index contributed by atoms with van der Waals surface area (Å²) in [4.78, 5) is 31.9. The molecule has 1 amide bonds. The molecule has 1 aliphatic heterocycles. The first-order chi connectivity index (χ1) is 16.9. The predicted octanol–water partition coefficient (Wildman–Crippen LogP) is 4.21. The normalized spacial score (nSPS) is 17.0. The minimum absolute atomic E-state index is 0.0562. The summed E-state index contributed by atoms with van der Waals surface area (Å²) in [6.07, 6.45) is 4.05. The number of aromatic hydroxyl groups is 1. The van der Waals surface area contributed by atoms with Gasteiger partial charge in [-0.2, -0.15) is 0 Å². The second kappa shape index (κ2) is 10.3. The lowest BCUT2D eigenvalue weighted by molar-refractivity contribution is -0.140. The van der Waals surface area contributed by atoms with E-state index in [0.717, 1.165) is 12.0 Å². The van der Waals surface area contributed by atoms with E-state index in [1.807, 2.05) is 6.92 Å². The highest BCUT2D eigenvalue weighted by Crippen LogP contribution is 2.42. The summed E-state index contributed by atoms with van der Waals surface area (Å²) in [6.45, 7) is 2.59. The van der Waals surface area contributed by atoms with Crippen LogP contribution in [0.3, 0.4) is 0 Å². The highest BCUT2D eigenvalue weighted by Gasteiger charge is 2.46. The van der Waals surface area contributed by atoms with Crippen LogP contribution >= 0.6 is 0 Å². The second-order valence-electron chi connectivity index (χ2n) is 8.10. The maximum Gasteiger partial charge on any atom is 0.295 e. The zero-order chi connectivity index (χ0) is 24.9. The first kappa shape index (κ1) is 23.8. The topological polar surface area (TPSA) is 109 Å². The van der Waals surface area contributed by atoms with Crippen LogP contribution in [0.15, 0.2) is 72.6 Å². The van der Waals surface area contributed by atoms with Crippen LogP contribution in [0.5, 0.6) is 17.2 Å². The third-order valence-electron chi connectivity index (χ3n) is 5.72. The Morgan fingerprint density at radius 1 is 1.11 bits per heavy atom. The van der Waals surface area contributed by atoms with Crippen molar-refractivity contribution >= 4 is 17.4 Å². The molecular weight excluding hydrogens is 448 g/mol. The third-order valence-corrected chi connectivity index (χ3v) is 5.72. The van der Waals surface area contributed by atoms with Crippen LogP contribution in [0.25, 0.3) is 5.76 Å². The maximum atomic E-state index is 13.2. The number of hydrogen-bond donors (Lipinski definition) is 2. The van der Waals surface area contributed by atoms with Gasteiger partial charge in [0.25, 0.3) is 11.7 Å². The van der Waals surface area contributed by atoms with E-state index >= 15 is 0 Å². The molecule has 2 aromatic carbocycles. The number of hydrogen-bond acceptors (Lipinski definition) is 7. The van der Waals surface area contributed by atoms with Gasteiger partial charge in [0.1, 0.15) is 11.5 Å². The molecule has 8 heteroatoms. The Kier molecular flexibility index (Phi) is 7.01. The first-order valence-electron chi connectivity index (χ1n) is 11.2. The summed E-state index contributed by atoms with van der Waals surface area (Å²) in [5, 5.41) is 21.4. The van der Waals surface area contributed by atoms with Gasteiger partial charge in [-0.15, -0.1) is 0 Å². The monoisotopic (exact) mass is 474 g/mol. The Bertz CT molecular complexity index is 1270. The van der Waals surface area contributed by atoms with Gasteiger partial charge in [-0.1, -0.05) is 31.2 Å². The molecule has 2 N–H and O–H groups in total. The van der Waals surface area contributed by atoms with E-state index in [9.17, 15) is 19.8 Å². The SMILES string of the molecule is CCCOc1cccc(C(O)=C2C(=O)C(=O)N(Cc3cccnc3)C2c2ccc(O)c(OC)c2)c1. The third kappa shape index (κ3) is 4.82. The smallest absolute Gasteiger partial charge is 0.295 e. The van der Waals surface area contributed by atoms with Crippen molar-refractivity contribution < 1.29 is 29.3 Å². The van der Waals surface area contributed by atoms with Crippen LogP contribution in [0.4, 0.5) is 0 Å². The molecule has 35 heavy (non-hydrogen) atoms. The molecule has 4 rings (SSSR count). The average molecular weight is 475 g/mol. The number of ether oxygens (including phenoxy) is 2. The lowest BCUT2D eigenvalue weighted by Gasteiger charge is -2.25. The molecule has 3 aromatic rings. The molecule has 8 nitrogen and oxygen atoms in total. The molecular formula is C27H26N2O6. The molecule has 0 bridgehead atoms. The number of aromatic nitrogens is 1. The number of aliphatic hydroxyl groups is 1. The largest absolute Gasteiger partial charge is 0.507 e. The standard InChI is InChI=1S/C27H26N2O6/c1-3-12-35-20-8-4-7-19(13-20)25(31)23-24(18-9-10-21(30)22(14-18)34-2)29(27(33)26(23)32)16-17-6-5-11-28-15-17/h4-11,13-15,24,30-31H,3,12,16H2,1-2H3. The van der Waals surface area contributed by atoms with Gasteiger partial charge in [0.2, 0.25) is 0 Å². The van der Waals surface area contributed by atoms with Gasteiger partial charge in [-0.05, 0) is 47.9 Å². The molecule has 180 valence electrons. The lowest BCUT2D eigenvalue weighted by Crippen LogP contribution is -2.29. The van der Waals surface area contributed by atoms with Crippen molar-refractivity contribution in [2.24, 2.45) is 0 Å². The maximum absolute atomic E-state index is 13.2. The molecule has 1 fully saturated rings. The Balaban J connectivity index is 1.85. The number of nitrogens with zero attached hydrogens (tertiary/aromatic N) is 2. The number of benzene rings is 2. The van der Waals surface area contributed by atoms with E-state index in [2.05, 4.69) is 4.98 Å². The summed E-state index contributed by atoms with van der Waals surface area (Å²) < 4.78 is 10.9. The number of phenols is 1. The number of pyridine rings is 1. The van der Waals surface area contributed by atoms with Gasteiger partial charge in [0, 0.05) is 24.5 Å². The number of methoxy groups -OCH3 is 1. The molecule has 1 unspecified atom stereocenters. The highest BCUT2D eigenvalue weighted by atomic mass is 16.5. The fourth-order valence-corrected chi connectivity index (χ4v) is 4.05. The molecule has 1 atom stereocenters. The number of likely N-dealkylation sites (tertiary alicyclic amines) is 1. The second-order valence-corrected chi connectivity index (χ2v) is 8.10. The number of rotatable bonds is 8. The van der Waals surface area contributed by atoms with Crippen LogP contribution in [0.1, 0.15) is 36.1 Å². The van der Waals surface area contributed by atoms with Crippen molar-refractivity contribution in [3.8, 4) is 17.2 Å². The fourth-order valence-electron chi connectivity index (χ4n) is 4.05. The van der Waals surface area contributed by atoms with E-state index in [1.54, 1.807) is 60.9 Å². The number of phenolic OH excluding ortho intramolecular Hbond substituents is 1. The van der Waals surface area contributed by atoms with Gasteiger partial charge >= 0.3 is 0 Å². The van der Waals surface area contributed by atoms with Crippen molar-refractivity contribution in [1.29, 1.82) is 0 Å². The van der Waals surface area contributed by atoms with Crippen LogP contribution in [-0.4, -0.2) is 45.5 Å². The Morgan fingerprint density at radius 2 is 1.94 bits per heavy atom. The van der Waals surface area contributed by atoms with Crippen molar-refractivity contribution in [3.63, 3.8) is 0 Å². The molecule has 2 heterocycles. The Hall–Kier alpha value is -4.33. The van der Waals surface area contributed by atoms with Gasteiger partial charge in [0.05, 0.1) is 25.3 Å². The molecule has 1 aromatic heterocycles. The number of carbonyl (C=O) groups excluding carboxylic acids is 2. The van der Waals surface area contributed by atoms with Crippen LogP contribution in [0, 0.1) is 0 Å². The Labute approximate surface area is 203 Å². The van der Waals surface area contributed by atoms with E-state index in [-0.39, 0.29) is 29.4 Å². The van der Waals surface area contributed by atoms with E-state index < -0.39 is 17.7 Å². The van der Waals surface area contributed by atoms with Gasteiger partial charge in [-0.25, -0.2) is 0 Å². The number of aliphatic hydroxyl groups excluding tert-OH is 1. The van der Waals surface area contributed by atoms with E-state index in [4.69, 9.17) is 9.47 Å². The van der Waals surface area contributed by atoms with Gasteiger partial charge in [-0.3, -0.25) is 14.6 Å². The van der Waals surface area contributed by atoms with Crippen LogP contribution in [0.2, 0.25) is 0 Å². The number of amides is 1. The highest BCUT2D eigenvalue weighted by molar-refractivity contribution is 6.46. The molecule has 0 aliphatic carbocycles. The minimum Gasteiger partial charge on any atom is -0.507 e. The van der Waals surface area contributed by atoms with Crippen LogP contribution < -0.4 is 9.47 Å². The summed E-state index contributed by atoms with van der Waals surface area (Å²) in [6, 6.07) is 14.0. The predicted molar refractivity (Wildman–Crippen MR) is 129 cm³/mol. The van der Waals surface area contributed by atoms with Crippen molar-refractivity contribution in [1.82, 2.24) is 9.88 Å². The zero-order valence-electron chi connectivity index (χ0n) is 19.5. The fraction of sp³-hybridized carbons (Fsp3) is 0.222. The zero-order valence-corrected chi connectivity index (χ0v) is 19.5. The number of ketones is 1. The first-order valence-corrected chi connectivity index (χ1v) is 11.2. The average Bonchev–Trinajstić information content (AvgIpc) is 3.13. The minimum atomic E-state index is -0.912. The lowest BCUT2D eigenvalue weighted by atomic mass is 9.94. The molecule has 0 radical (unpaired) electrons. The van der Waals surface area contributed by atoms with E-state index in [1.165, 1.54) is 18.1 Å². The van der Waals surface area contributed by atoms with Crippen molar-refractivity contribution in [2.75, 3.05) is 13.7 Å². The molecule has 0 spiro atoms. The summed E-state index contributed by atoms with van der Waals surface area (Å²) in [5.74, 6) is -1.21. The molecule has 1 saturated heterocycles. The number of Topliss-reactive ketones (excluding diaryl/α,β-unsaturated/α-hetero) is 1. The molecule has 0 saturated carbocycles. The van der Waals surface area contributed by atoms with Gasteiger partial charge < -0.3 is 24.6 Å². The summed E-state index contributed by atoms with van der Waals surface area (Å²) in [7, 11) is 1.41. The van der Waals surface area contributed by atoms with Gasteiger partial charge in [0.15, 0.2) is 11.5 Å². The van der Waals surface area contributed by atoms with Crippen molar-refractivity contribution in [3.05, 3.63) is 89.3 Å². The Morgan fingerprint density at radius 3 is 2.66 bits per heavy atom. The summed E-state index contributed by atoms with van der Waals surface area (Å²) >= 11 is 0.